The first-order valence-corrected chi connectivity index (χ1v) is 5.98. The van der Waals surface area contributed by atoms with E-state index in [1.807, 2.05) is 29.2 Å². The summed E-state index contributed by atoms with van der Waals surface area (Å²) in [6.45, 7) is 3.76. The van der Waals surface area contributed by atoms with Gasteiger partial charge in [0.05, 0.1) is 16.2 Å². The minimum absolute atomic E-state index is 0.798. The molecule has 2 heterocycles. The molecule has 0 atom stereocenters. The number of thiophene rings is 1. The summed E-state index contributed by atoms with van der Waals surface area (Å²) in [5.41, 5.74) is 1.04. The van der Waals surface area contributed by atoms with Crippen LogP contribution in [0.15, 0.2) is 24.5 Å². The van der Waals surface area contributed by atoms with Crippen molar-refractivity contribution < 1.29 is 0 Å². The van der Waals surface area contributed by atoms with Gasteiger partial charge in [0, 0.05) is 24.2 Å². The van der Waals surface area contributed by atoms with Gasteiger partial charge in [-0.15, -0.1) is 11.3 Å². The van der Waals surface area contributed by atoms with Crippen LogP contribution >= 0.6 is 22.9 Å². The minimum atomic E-state index is 0.798. The maximum atomic E-state index is 5.84. The fraction of sp³-hybridized carbons (Fsp3) is 0.300. The molecule has 0 bridgehead atoms. The Morgan fingerprint density at radius 1 is 1.53 bits per heavy atom. The summed E-state index contributed by atoms with van der Waals surface area (Å²) >= 11 is 7.44. The van der Waals surface area contributed by atoms with Crippen LogP contribution in [0.3, 0.4) is 0 Å². The van der Waals surface area contributed by atoms with E-state index in [0.717, 1.165) is 23.1 Å². The second kappa shape index (κ2) is 4.68. The number of hydrogen-bond donors (Lipinski definition) is 1. The maximum absolute atomic E-state index is 5.84. The third-order valence-corrected chi connectivity index (χ3v) is 3.28. The summed E-state index contributed by atoms with van der Waals surface area (Å²) < 4.78 is 2.72. The smallest absolute Gasteiger partial charge is 0.0931 e. The van der Waals surface area contributed by atoms with Gasteiger partial charge in [-0.1, -0.05) is 11.6 Å². The molecule has 5 heteroatoms. The summed E-state index contributed by atoms with van der Waals surface area (Å²) in [7, 11) is 0. The lowest BCUT2D eigenvalue weighted by atomic mass is 10.4. The lowest BCUT2D eigenvalue weighted by Gasteiger charge is -1.99. The standard InChI is InChI=1S/C10H12ClN3S/c1-2-14-7-8(5-13-14)12-6-9-3-4-10(11)15-9/h3-5,7,12H,2,6H2,1H3. The van der Waals surface area contributed by atoms with Crippen LogP contribution in [0.1, 0.15) is 11.8 Å². The summed E-state index contributed by atoms with van der Waals surface area (Å²) in [4.78, 5) is 1.23. The number of rotatable bonds is 4. The average Bonchev–Trinajstić information content (AvgIpc) is 2.83. The van der Waals surface area contributed by atoms with Crippen molar-refractivity contribution in [3.05, 3.63) is 33.7 Å². The van der Waals surface area contributed by atoms with Gasteiger partial charge in [0.2, 0.25) is 0 Å². The Kier molecular flexibility index (Phi) is 3.28. The van der Waals surface area contributed by atoms with Crippen LogP contribution in [-0.2, 0) is 13.1 Å². The number of nitrogens with zero attached hydrogens (tertiary/aromatic N) is 2. The highest BCUT2D eigenvalue weighted by Gasteiger charge is 1.99. The zero-order valence-electron chi connectivity index (χ0n) is 8.40. The van der Waals surface area contributed by atoms with E-state index in [2.05, 4.69) is 17.3 Å². The number of aromatic nitrogens is 2. The van der Waals surface area contributed by atoms with Crippen molar-refractivity contribution in [3.8, 4) is 0 Å². The molecule has 0 aliphatic carbocycles. The highest BCUT2D eigenvalue weighted by atomic mass is 35.5. The second-order valence-electron chi connectivity index (χ2n) is 3.14. The summed E-state index contributed by atoms with van der Waals surface area (Å²) in [6.07, 6.45) is 3.83. The van der Waals surface area contributed by atoms with Crippen molar-refractivity contribution in [1.29, 1.82) is 0 Å². The predicted octanol–water partition coefficient (Wildman–Crippen LogP) is 3.23. The van der Waals surface area contributed by atoms with Crippen LogP contribution in [-0.4, -0.2) is 9.78 Å². The van der Waals surface area contributed by atoms with Gasteiger partial charge in [-0.05, 0) is 19.1 Å². The van der Waals surface area contributed by atoms with Crippen molar-refractivity contribution in [2.75, 3.05) is 5.32 Å². The van der Waals surface area contributed by atoms with E-state index in [0.29, 0.717) is 0 Å². The van der Waals surface area contributed by atoms with Gasteiger partial charge in [-0.3, -0.25) is 4.68 Å². The SMILES string of the molecule is CCn1cc(NCc2ccc(Cl)s2)cn1. The number of nitrogens with one attached hydrogen (secondary N) is 1. The summed E-state index contributed by atoms with van der Waals surface area (Å²) in [5, 5.41) is 7.48. The number of aryl methyl sites for hydroxylation is 1. The zero-order valence-corrected chi connectivity index (χ0v) is 9.98. The third kappa shape index (κ3) is 2.73. The van der Waals surface area contributed by atoms with E-state index >= 15 is 0 Å². The quantitative estimate of drug-likeness (QED) is 0.891. The van der Waals surface area contributed by atoms with Crippen molar-refractivity contribution in [2.45, 2.75) is 20.0 Å². The first kappa shape index (κ1) is 10.5. The second-order valence-corrected chi connectivity index (χ2v) is 4.94. The van der Waals surface area contributed by atoms with Crippen LogP contribution in [0.2, 0.25) is 4.34 Å². The molecule has 0 fully saturated rings. The topological polar surface area (TPSA) is 29.9 Å². The Morgan fingerprint density at radius 2 is 2.40 bits per heavy atom. The Hall–Kier alpha value is -1.00. The van der Waals surface area contributed by atoms with Crippen LogP contribution in [0.5, 0.6) is 0 Å². The molecule has 15 heavy (non-hydrogen) atoms. The molecule has 0 aliphatic rings. The van der Waals surface area contributed by atoms with Crippen molar-refractivity contribution in [2.24, 2.45) is 0 Å². The highest BCUT2D eigenvalue weighted by Crippen LogP contribution is 2.22. The Balaban J connectivity index is 1.93. The molecule has 3 nitrogen and oxygen atoms in total. The first-order valence-electron chi connectivity index (χ1n) is 4.78. The highest BCUT2D eigenvalue weighted by molar-refractivity contribution is 7.16. The fourth-order valence-corrected chi connectivity index (χ4v) is 2.29. The van der Waals surface area contributed by atoms with Crippen LogP contribution < -0.4 is 5.32 Å². The van der Waals surface area contributed by atoms with E-state index in [9.17, 15) is 0 Å². The van der Waals surface area contributed by atoms with E-state index in [4.69, 9.17) is 11.6 Å². The third-order valence-electron chi connectivity index (χ3n) is 2.05. The van der Waals surface area contributed by atoms with Crippen molar-refractivity contribution in [3.63, 3.8) is 0 Å². The molecule has 0 saturated heterocycles. The molecule has 2 rings (SSSR count). The lowest BCUT2D eigenvalue weighted by molar-refractivity contribution is 0.660. The molecule has 0 unspecified atom stereocenters. The monoisotopic (exact) mass is 241 g/mol. The van der Waals surface area contributed by atoms with Gasteiger partial charge in [-0.2, -0.15) is 5.10 Å². The van der Waals surface area contributed by atoms with Crippen LogP contribution in [0.25, 0.3) is 0 Å². The van der Waals surface area contributed by atoms with Gasteiger partial charge in [0.15, 0.2) is 0 Å². The molecule has 0 spiro atoms. The van der Waals surface area contributed by atoms with Crippen molar-refractivity contribution >= 4 is 28.6 Å². The molecule has 0 radical (unpaired) electrons. The molecule has 2 aromatic heterocycles. The molecule has 1 N–H and O–H groups in total. The number of hydrogen-bond acceptors (Lipinski definition) is 3. The number of halogens is 1. The average molecular weight is 242 g/mol. The fourth-order valence-electron chi connectivity index (χ4n) is 1.26. The molecule has 0 aromatic carbocycles. The van der Waals surface area contributed by atoms with Gasteiger partial charge in [-0.25, -0.2) is 0 Å². The molecule has 80 valence electrons. The van der Waals surface area contributed by atoms with Crippen molar-refractivity contribution in [1.82, 2.24) is 9.78 Å². The number of anilines is 1. The van der Waals surface area contributed by atoms with E-state index in [1.54, 1.807) is 11.3 Å². The summed E-state index contributed by atoms with van der Waals surface area (Å²) in [6, 6.07) is 3.95. The van der Waals surface area contributed by atoms with E-state index in [1.165, 1.54) is 4.88 Å². The normalized spacial score (nSPS) is 10.5. The predicted molar refractivity (Wildman–Crippen MR) is 64.6 cm³/mol. The minimum Gasteiger partial charge on any atom is -0.378 e. The maximum Gasteiger partial charge on any atom is 0.0931 e. The molecule has 0 aliphatic heterocycles. The zero-order chi connectivity index (χ0) is 10.7. The Labute approximate surface area is 97.7 Å². The molecule has 0 amide bonds. The lowest BCUT2D eigenvalue weighted by Crippen LogP contribution is -1.96. The van der Waals surface area contributed by atoms with Gasteiger partial charge < -0.3 is 5.32 Å². The molecular formula is C10H12ClN3S. The Bertz CT molecular complexity index is 435. The Morgan fingerprint density at radius 3 is 3.00 bits per heavy atom. The van der Waals surface area contributed by atoms with Gasteiger partial charge in [0.1, 0.15) is 0 Å². The van der Waals surface area contributed by atoms with Gasteiger partial charge >= 0.3 is 0 Å². The van der Waals surface area contributed by atoms with Gasteiger partial charge in [0.25, 0.3) is 0 Å². The first-order chi connectivity index (χ1) is 7.28. The largest absolute Gasteiger partial charge is 0.378 e. The molecular weight excluding hydrogens is 230 g/mol. The van der Waals surface area contributed by atoms with E-state index in [-0.39, 0.29) is 0 Å². The van der Waals surface area contributed by atoms with Crippen LogP contribution in [0.4, 0.5) is 5.69 Å². The van der Waals surface area contributed by atoms with Crippen LogP contribution in [0, 0.1) is 0 Å². The van der Waals surface area contributed by atoms with E-state index < -0.39 is 0 Å². The molecule has 2 aromatic rings. The molecule has 0 saturated carbocycles. The summed E-state index contributed by atoms with van der Waals surface area (Å²) in [5.74, 6) is 0.